The minimum Gasteiger partial charge on any atom is -0.323 e. The van der Waals surface area contributed by atoms with E-state index in [9.17, 15) is 17.9 Å². The maximum absolute atomic E-state index is 12.4. The third-order valence-corrected chi connectivity index (χ3v) is 7.46. The van der Waals surface area contributed by atoms with Gasteiger partial charge in [-0.05, 0) is 26.5 Å². The summed E-state index contributed by atoms with van der Waals surface area (Å²) in [5, 5.41) is -0.922. The first-order chi connectivity index (χ1) is 10.0. The molecule has 22 heavy (non-hydrogen) atoms. The van der Waals surface area contributed by atoms with Crippen LogP contribution in [0.4, 0.5) is 0 Å². The fraction of sp³-hybridized carbons (Fsp3) is 0.692. The number of thioether (sulfide) groups is 1. The van der Waals surface area contributed by atoms with Gasteiger partial charge in [0.1, 0.15) is 5.25 Å². The normalized spacial score (nSPS) is 28.0. The molecule has 128 valence electrons. The number of hydrogen-bond donors (Lipinski definition) is 1. The van der Waals surface area contributed by atoms with Gasteiger partial charge in [-0.1, -0.05) is 31.2 Å². The summed E-state index contributed by atoms with van der Waals surface area (Å²) < 4.78 is 45.5. The molecule has 3 unspecified atom stereocenters. The molecule has 0 radical (unpaired) electrons. The summed E-state index contributed by atoms with van der Waals surface area (Å²) >= 11 is 1.47. The van der Waals surface area contributed by atoms with Gasteiger partial charge in [0.15, 0.2) is 6.35 Å². The molecule has 0 aliphatic heterocycles. The summed E-state index contributed by atoms with van der Waals surface area (Å²) in [6, 6.07) is 0. The number of hydrogen-bond acceptors (Lipinski definition) is 6. The van der Waals surface area contributed by atoms with E-state index in [0.717, 1.165) is 5.75 Å². The van der Waals surface area contributed by atoms with E-state index in [1.165, 1.54) is 17.8 Å². The van der Waals surface area contributed by atoms with E-state index in [1.807, 2.05) is 6.92 Å². The SMILES string of the molecule is CCSC1(C)C=CC=CC1S(=O)(=O)OCP(=O)(O)OC(C)C. The maximum Gasteiger partial charge on any atom is 0.355 e. The van der Waals surface area contributed by atoms with E-state index in [1.54, 1.807) is 39.0 Å². The van der Waals surface area contributed by atoms with Crippen molar-refractivity contribution in [1.82, 2.24) is 0 Å². The molecule has 0 bridgehead atoms. The average molecular weight is 370 g/mol. The van der Waals surface area contributed by atoms with E-state index in [4.69, 9.17) is 8.71 Å². The minimum atomic E-state index is -4.10. The Labute approximate surface area is 136 Å². The van der Waals surface area contributed by atoms with E-state index >= 15 is 0 Å². The summed E-state index contributed by atoms with van der Waals surface area (Å²) in [7, 11) is -8.16. The van der Waals surface area contributed by atoms with Crippen LogP contribution in [0.15, 0.2) is 24.3 Å². The second-order valence-electron chi connectivity index (χ2n) is 5.31. The number of allylic oxidation sites excluding steroid dienone is 2. The van der Waals surface area contributed by atoms with Gasteiger partial charge in [0, 0.05) is 0 Å². The lowest BCUT2D eigenvalue weighted by Gasteiger charge is -2.33. The van der Waals surface area contributed by atoms with Crippen LogP contribution in [0.3, 0.4) is 0 Å². The lowest BCUT2D eigenvalue weighted by Crippen LogP contribution is -2.41. The van der Waals surface area contributed by atoms with Crippen LogP contribution in [0.1, 0.15) is 27.7 Å². The summed E-state index contributed by atoms with van der Waals surface area (Å²) in [5.74, 6) is 0.732. The third kappa shape index (κ3) is 5.51. The van der Waals surface area contributed by atoms with E-state index < -0.39 is 40.2 Å². The predicted octanol–water partition coefficient (Wildman–Crippen LogP) is 2.91. The maximum atomic E-state index is 12.4. The van der Waals surface area contributed by atoms with Gasteiger partial charge in [-0.3, -0.25) is 8.75 Å². The van der Waals surface area contributed by atoms with Gasteiger partial charge in [-0.2, -0.15) is 8.42 Å². The molecule has 0 fully saturated rings. The highest BCUT2D eigenvalue weighted by Crippen LogP contribution is 2.45. The molecule has 0 saturated heterocycles. The van der Waals surface area contributed by atoms with Crippen LogP contribution in [-0.4, -0.2) is 41.5 Å². The molecule has 6 nitrogen and oxygen atoms in total. The van der Waals surface area contributed by atoms with Crippen LogP contribution < -0.4 is 0 Å². The zero-order valence-corrected chi connectivity index (χ0v) is 15.7. The molecule has 0 amide bonds. The summed E-state index contributed by atoms with van der Waals surface area (Å²) in [6.07, 6.45) is 5.37. The number of rotatable bonds is 8. The third-order valence-electron chi connectivity index (χ3n) is 2.91. The Kier molecular flexibility index (Phi) is 6.92. The van der Waals surface area contributed by atoms with E-state index in [2.05, 4.69) is 0 Å². The molecular weight excluding hydrogens is 347 g/mol. The van der Waals surface area contributed by atoms with E-state index in [-0.39, 0.29) is 0 Å². The van der Waals surface area contributed by atoms with Crippen molar-refractivity contribution in [3.8, 4) is 0 Å². The van der Waals surface area contributed by atoms with Crippen molar-refractivity contribution in [2.24, 2.45) is 0 Å². The molecule has 0 aromatic carbocycles. The average Bonchev–Trinajstić information content (AvgIpc) is 2.35. The molecule has 9 heteroatoms. The van der Waals surface area contributed by atoms with Crippen molar-refractivity contribution in [2.45, 2.75) is 43.8 Å². The topological polar surface area (TPSA) is 89.9 Å². The Morgan fingerprint density at radius 2 is 2.05 bits per heavy atom. The van der Waals surface area contributed by atoms with Crippen molar-refractivity contribution >= 4 is 29.5 Å². The first kappa shape index (κ1) is 19.9. The molecule has 1 N–H and O–H groups in total. The van der Waals surface area contributed by atoms with Crippen LogP contribution >= 0.6 is 19.4 Å². The fourth-order valence-electron chi connectivity index (χ4n) is 2.09. The summed E-state index contributed by atoms with van der Waals surface area (Å²) in [5.41, 5.74) is 0. The molecule has 0 saturated carbocycles. The molecule has 1 aliphatic carbocycles. The second-order valence-corrected chi connectivity index (χ2v) is 10.5. The molecule has 0 spiro atoms. The summed E-state index contributed by atoms with van der Waals surface area (Å²) in [6.45, 7) is 6.91. The smallest absolute Gasteiger partial charge is 0.323 e. The monoisotopic (exact) mass is 370 g/mol. The van der Waals surface area contributed by atoms with Gasteiger partial charge in [0.2, 0.25) is 0 Å². The van der Waals surface area contributed by atoms with Crippen LogP contribution in [0.5, 0.6) is 0 Å². The molecule has 0 aromatic heterocycles. The molecule has 3 atom stereocenters. The van der Waals surface area contributed by atoms with Gasteiger partial charge >= 0.3 is 7.60 Å². The van der Waals surface area contributed by atoms with Crippen LogP contribution in [0, 0.1) is 0 Å². The molecule has 0 aromatic rings. The van der Waals surface area contributed by atoms with Crippen LogP contribution in [0.2, 0.25) is 0 Å². The molecule has 0 heterocycles. The van der Waals surface area contributed by atoms with Gasteiger partial charge in [0.05, 0.1) is 10.9 Å². The highest BCUT2D eigenvalue weighted by atomic mass is 32.2. The van der Waals surface area contributed by atoms with Gasteiger partial charge in [0.25, 0.3) is 10.1 Å². The van der Waals surface area contributed by atoms with E-state index in [0.29, 0.717) is 0 Å². The highest BCUT2D eigenvalue weighted by Gasteiger charge is 2.42. The van der Waals surface area contributed by atoms with Crippen molar-refractivity contribution in [3.05, 3.63) is 24.3 Å². The van der Waals surface area contributed by atoms with Gasteiger partial charge < -0.3 is 9.42 Å². The molecular formula is C13H23O6PS2. The lowest BCUT2D eigenvalue weighted by molar-refractivity contribution is 0.187. The molecule has 1 rings (SSSR count). The van der Waals surface area contributed by atoms with Gasteiger partial charge in [-0.25, -0.2) is 0 Å². The van der Waals surface area contributed by atoms with Crippen LogP contribution in [-0.2, 0) is 23.4 Å². The van der Waals surface area contributed by atoms with Gasteiger partial charge in [-0.15, -0.1) is 11.8 Å². The van der Waals surface area contributed by atoms with Crippen LogP contribution in [0.25, 0.3) is 0 Å². The zero-order valence-electron chi connectivity index (χ0n) is 13.1. The van der Waals surface area contributed by atoms with Crippen molar-refractivity contribution < 1.29 is 26.6 Å². The quantitative estimate of drug-likeness (QED) is 0.519. The van der Waals surface area contributed by atoms with Crippen molar-refractivity contribution in [3.63, 3.8) is 0 Å². The first-order valence-corrected chi connectivity index (χ1v) is 11.1. The fourth-order valence-corrected chi connectivity index (χ4v) is 6.61. The zero-order chi connectivity index (χ0) is 17.0. The first-order valence-electron chi connectivity index (χ1n) is 6.91. The Hall–Kier alpha value is -0.110. The standard InChI is InChI=1S/C13H23O6PS2/c1-5-21-13(4)9-7-6-8-12(13)22(16,17)18-10-20(14,15)19-11(2)3/h6-9,11-12H,5,10H2,1-4H3,(H,14,15). The highest BCUT2D eigenvalue weighted by molar-refractivity contribution is 8.02. The Balaban J connectivity index is 2.87. The second kappa shape index (κ2) is 7.64. The van der Waals surface area contributed by atoms with Crippen molar-refractivity contribution in [1.29, 1.82) is 0 Å². The Morgan fingerprint density at radius 3 is 2.59 bits per heavy atom. The Morgan fingerprint density at radius 1 is 1.41 bits per heavy atom. The summed E-state index contributed by atoms with van der Waals surface area (Å²) in [4.78, 5) is 9.59. The largest absolute Gasteiger partial charge is 0.355 e. The lowest BCUT2D eigenvalue weighted by atomic mass is 10.0. The van der Waals surface area contributed by atoms with Crippen molar-refractivity contribution in [2.75, 3.05) is 12.1 Å². The predicted molar refractivity (Wildman–Crippen MR) is 89.5 cm³/mol. The minimum absolute atomic E-state index is 0.499. The Bertz CT molecular complexity index is 583. The molecule has 1 aliphatic rings.